The van der Waals surface area contributed by atoms with Gasteiger partial charge in [-0.3, -0.25) is 9.59 Å². The molecule has 2 rings (SSSR count). The predicted octanol–water partition coefficient (Wildman–Crippen LogP) is 2.64. The number of rotatable bonds is 2. The Morgan fingerprint density at radius 3 is 2.00 bits per heavy atom. The molecule has 2 amide bonds. The molecule has 0 spiro atoms. The lowest BCUT2D eigenvalue weighted by atomic mass is 9.94. The minimum absolute atomic E-state index is 0.0288. The molecular formula is C19H28N2O3. The van der Waals surface area contributed by atoms with E-state index in [1.54, 1.807) is 7.11 Å². The molecule has 1 aliphatic heterocycles. The first-order chi connectivity index (χ1) is 11.1. The molecule has 0 aromatic heterocycles. The maximum atomic E-state index is 12.8. The molecule has 0 radical (unpaired) electrons. The van der Waals surface area contributed by atoms with Crippen molar-refractivity contribution in [3.05, 3.63) is 28.8 Å². The summed E-state index contributed by atoms with van der Waals surface area (Å²) in [5, 5.41) is 0. The lowest BCUT2D eigenvalue weighted by molar-refractivity contribution is -0.140. The molecule has 5 nitrogen and oxygen atoms in total. The first kappa shape index (κ1) is 18.3. The number of carbonyl (C=O) groups excluding carboxylic acids is 2. The van der Waals surface area contributed by atoms with Gasteiger partial charge in [0.25, 0.3) is 5.91 Å². The molecule has 0 unspecified atom stereocenters. The minimum atomic E-state index is -0.379. The van der Waals surface area contributed by atoms with E-state index in [4.69, 9.17) is 4.74 Å². The van der Waals surface area contributed by atoms with Gasteiger partial charge >= 0.3 is 0 Å². The van der Waals surface area contributed by atoms with Crippen molar-refractivity contribution in [3.63, 3.8) is 0 Å². The average Bonchev–Trinajstić information content (AvgIpc) is 2.54. The predicted molar refractivity (Wildman–Crippen MR) is 94.4 cm³/mol. The number of aryl methyl sites for hydroxylation is 2. The fraction of sp³-hybridized carbons (Fsp3) is 0.579. The van der Waals surface area contributed by atoms with Crippen LogP contribution in [0.25, 0.3) is 0 Å². The topological polar surface area (TPSA) is 49.9 Å². The van der Waals surface area contributed by atoms with Gasteiger partial charge < -0.3 is 14.5 Å². The monoisotopic (exact) mass is 332 g/mol. The molecular weight excluding hydrogens is 304 g/mol. The summed E-state index contributed by atoms with van der Waals surface area (Å²) in [6.45, 7) is 12.0. The largest absolute Gasteiger partial charge is 0.496 e. The zero-order valence-corrected chi connectivity index (χ0v) is 15.6. The zero-order valence-electron chi connectivity index (χ0n) is 15.6. The third-order valence-electron chi connectivity index (χ3n) is 4.47. The standard InChI is InChI=1S/C19H28N2O3/c1-13-12-16(24-6)14(2)11-15(13)17(22)20-7-9-21(10-8-20)18(23)19(3,4)5/h11-12H,7-10H2,1-6H3. The molecule has 1 aromatic carbocycles. The van der Waals surface area contributed by atoms with E-state index >= 15 is 0 Å². The van der Waals surface area contributed by atoms with Gasteiger partial charge in [-0.05, 0) is 37.1 Å². The summed E-state index contributed by atoms with van der Waals surface area (Å²) in [5.74, 6) is 0.969. The van der Waals surface area contributed by atoms with Gasteiger partial charge in [-0.15, -0.1) is 0 Å². The first-order valence-electron chi connectivity index (χ1n) is 8.39. The molecule has 5 heteroatoms. The summed E-state index contributed by atoms with van der Waals surface area (Å²) in [6, 6.07) is 3.80. The highest BCUT2D eigenvalue weighted by Gasteiger charge is 2.31. The number of benzene rings is 1. The van der Waals surface area contributed by atoms with Gasteiger partial charge in [0, 0.05) is 37.2 Å². The molecule has 0 atom stereocenters. The van der Waals surface area contributed by atoms with Gasteiger partial charge in [0.1, 0.15) is 5.75 Å². The highest BCUT2D eigenvalue weighted by molar-refractivity contribution is 5.96. The number of carbonyl (C=O) groups is 2. The van der Waals surface area contributed by atoms with Gasteiger partial charge in [-0.2, -0.15) is 0 Å². The Balaban J connectivity index is 2.09. The maximum absolute atomic E-state index is 12.8. The third kappa shape index (κ3) is 3.71. The highest BCUT2D eigenvalue weighted by atomic mass is 16.5. The molecule has 1 fully saturated rings. The van der Waals surface area contributed by atoms with Crippen molar-refractivity contribution in [3.8, 4) is 5.75 Å². The van der Waals surface area contributed by atoms with E-state index in [-0.39, 0.29) is 17.2 Å². The Labute approximate surface area is 144 Å². The van der Waals surface area contributed by atoms with Crippen LogP contribution in [-0.2, 0) is 4.79 Å². The fourth-order valence-electron chi connectivity index (χ4n) is 3.00. The second-order valence-corrected chi connectivity index (χ2v) is 7.47. The first-order valence-corrected chi connectivity index (χ1v) is 8.39. The number of ether oxygens (including phenoxy) is 1. The summed E-state index contributed by atoms with van der Waals surface area (Å²) in [5.41, 5.74) is 2.20. The van der Waals surface area contributed by atoms with Crippen LogP contribution in [0.3, 0.4) is 0 Å². The number of hydrogen-bond acceptors (Lipinski definition) is 3. The molecule has 1 aliphatic rings. The second-order valence-electron chi connectivity index (χ2n) is 7.47. The molecule has 0 N–H and O–H groups in total. The zero-order chi connectivity index (χ0) is 18.1. The summed E-state index contributed by atoms with van der Waals surface area (Å²) >= 11 is 0. The van der Waals surface area contributed by atoms with Crippen LogP contribution in [0.1, 0.15) is 42.3 Å². The Hall–Kier alpha value is -2.04. The van der Waals surface area contributed by atoms with Crippen LogP contribution in [0.5, 0.6) is 5.75 Å². The molecule has 1 heterocycles. The van der Waals surface area contributed by atoms with E-state index in [1.807, 2.05) is 56.6 Å². The van der Waals surface area contributed by atoms with Crippen molar-refractivity contribution < 1.29 is 14.3 Å². The minimum Gasteiger partial charge on any atom is -0.496 e. The van der Waals surface area contributed by atoms with Gasteiger partial charge in [-0.25, -0.2) is 0 Å². The third-order valence-corrected chi connectivity index (χ3v) is 4.47. The number of methoxy groups -OCH3 is 1. The maximum Gasteiger partial charge on any atom is 0.254 e. The van der Waals surface area contributed by atoms with Crippen LogP contribution in [0, 0.1) is 19.3 Å². The fourth-order valence-corrected chi connectivity index (χ4v) is 3.00. The number of nitrogens with zero attached hydrogens (tertiary/aromatic N) is 2. The normalized spacial score (nSPS) is 15.4. The summed E-state index contributed by atoms with van der Waals surface area (Å²) in [4.78, 5) is 28.9. The van der Waals surface area contributed by atoms with Gasteiger partial charge in [0.15, 0.2) is 0 Å². The van der Waals surface area contributed by atoms with Crippen molar-refractivity contribution >= 4 is 11.8 Å². The van der Waals surface area contributed by atoms with Gasteiger partial charge in [0.05, 0.1) is 7.11 Å². The highest BCUT2D eigenvalue weighted by Crippen LogP contribution is 2.24. The Bertz CT molecular complexity index is 639. The van der Waals surface area contributed by atoms with Gasteiger partial charge in [0.2, 0.25) is 5.91 Å². The van der Waals surface area contributed by atoms with Crippen LogP contribution >= 0.6 is 0 Å². The van der Waals surface area contributed by atoms with Crippen molar-refractivity contribution in [1.82, 2.24) is 9.80 Å². The van der Waals surface area contributed by atoms with E-state index in [2.05, 4.69) is 0 Å². The van der Waals surface area contributed by atoms with E-state index in [1.165, 1.54) is 0 Å². The van der Waals surface area contributed by atoms with Crippen molar-refractivity contribution in [2.45, 2.75) is 34.6 Å². The molecule has 0 aliphatic carbocycles. The number of hydrogen-bond donors (Lipinski definition) is 0. The van der Waals surface area contributed by atoms with Crippen molar-refractivity contribution in [2.24, 2.45) is 5.41 Å². The average molecular weight is 332 g/mol. The van der Waals surface area contributed by atoms with Crippen LogP contribution in [-0.4, -0.2) is 54.9 Å². The Kier molecular flexibility index (Phi) is 5.21. The molecule has 132 valence electrons. The molecule has 24 heavy (non-hydrogen) atoms. The smallest absolute Gasteiger partial charge is 0.254 e. The van der Waals surface area contributed by atoms with Crippen LogP contribution < -0.4 is 4.74 Å². The molecule has 0 bridgehead atoms. The van der Waals surface area contributed by atoms with E-state index in [0.717, 1.165) is 16.9 Å². The SMILES string of the molecule is COc1cc(C)c(C(=O)N2CCN(C(=O)C(C)(C)C)CC2)cc1C. The summed E-state index contributed by atoms with van der Waals surface area (Å²) in [7, 11) is 1.63. The lowest BCUT2D eigenvalue weighted by Crippen LogP contribution is -2.53. The van der Waals surface area contributed by atoms with E-state index in [0.29, 0.717) is 31.7 Å². The number of amides is 2. The number of piperazine rings is 1. The van der Waals surface area contributed by atoms with E-state index < -0.39 is 0 Å². The van der Waals surface area contributed by atoms with Gasteiger partial charge in [-0.1, -0.05) is 20.8 Å². The molecule has 1 saturated heterocycles. The van der Waals surface area contributed by atoms with Crippen LogP contribution in [0.4, 0.5) is 0 Å². The van der Waals surface area contributed by atoms with Crippen molar-refractivity contribution in [1.29, 1.82) is 0 Å². The quantitative estimate of drug-likeness (QED) is 0.836. The summed E-state index contributed by atoms with van der Waals surface area (Å²) < 4.78 is 5.31. The molecule has 0 saturated carbocycles. The summed E-state index contributed by atoms with van der Waals surface area (Å²) in [6.07, 6.45) is 0. The van der Waals surface area contributed by atoms with Crippen molar-refractivity contribution in [2.75, 3.05) is 33.3 Å². The Morgan fingerprint density at radius 1 is 0.958 bits per heavy atom. The van der Waals surface area contributed by atoms with E-state index in [9.17, 15) is 9.59 Å². The second kappa shape index (κ2) is 6.83. The van der Waals surface area contributed by atoms with Crippen LogP contribution in [0.2, 0.25) is 0 Å². The molecule has 1 aromatic rings. The lowest BCUT2D eigenvalue weighted by Gasteiger charge is -2.37. The Morgan fingerprint density at radius 2 is 1.50 bits per heavy atom. The van der Waals surface area contributed by atoms with Crippen LogP contribution in [0.15, 0.2) is 12.1 Å².